The summed E-state index contributed by atoms with van der Waals surface area (Å²) >= 11 is 0. The number of carbonyl (C=O) groups excluding carboxylic acids is 1. The number of aryl methyl sites for hydroxylation is 1. The average Bonchev–Trinajstić information content (AvgIpc) is 3.30. The molecule has 172 valence electrons. The summed E-state index contributed by atoms with van der Waals surface area (Å²) in [5.41, 5.74) is 4.77. The number of pyridine rings is 2. The molecule has 0 unspecified atom stereocenters. The minimum absolute atomic E-state index is 0.161. The molecular formula is C26H22N8O. The maximum absolute atomic E-state index is 12.2. The molecule has 4 aromatic heterocycles. The normalized spacial score (nSPS) is 16.3. The molecule has 0 radical (unpaired) electrons. The smallest absolute Gasteiger partial charge is 0.298 e. The van der Waals surface area contributed by atoms with E-state index in [2.05, 4.69) is 33.2 Å². The van der Waals surface area contributed by atoms with Crippen LogP contribution < -0.4 is 4.90 Å². The third-order valence-electron chi connectivity index (χ3n) is 7.00. The SMILES string of the molecule is C#CC(=O)N1CCN(c2ccc(-c3cc(-c4cnn(C)c4)cn4ncc(C#N)c34)cn2)CC12CC2. The first-order chi connectivity index (χ1) is 17.0. The number of amides is 1. The van der Waals surface area contributed by atoms with E-state index in [1.165, 1.54) is 0 Å². The molecule has 6 rings (SSSR count). The number of anilines is 1. The van der Waals surface area contributed by atoms with Gasteiger partial charge in [0, 0.05) is 67.5 Å². The third-order valence-corrected chi connectivity index (χ3v) is 7.00. The molecule has 5 heterocycles. The van der Waals surface area contributed by atoms with Gasteiger partial charge in [-0.05, 0) is 37.0 Å². The highest BCUT2D eigenvalue weighted by molar-refractivity contribution is 5.94. The van der Waals surface area contributed by atoms with Crippen LogP contribution in [0.25, 0.3) is 27.8 Å². The number of hydrogen-bond acceptors (Lipinski definition) is 6. The third kappa shape index (κ3) is 3.41. The molecule has 35 heavy (non-hydrogen) atoms. The molecule has 1 amide bonds. The number of nitrogens with zero attached hydrogens (tertiary/aromatic N) is 8. The Bertz CT molecular complexity index is 1540. The van der Waals surface area contributed by atoms with Gasteiger partial charge in [0.2, 0.25) is 0 Å². The van der Waals surface area contributed by atoms with E-state index in [0.29, 0.717) is 18.7 Å². The highest BCUT2D eigenvalue weighted by atomic mass is 16.2. The number of terminal acetylenes is 1. The Morgan fingerprint density at radius 2 is 1.94 bits per heavy atom. The molecule has 0 aromatic carbocycles. The van der Waals surface area contributed by atoms with Crippen molar-refractivity contribution in [3.8, 4) is 40.7 Å². The number of piperazine rings is 1. The molecule has 2 fully saturated rings. The molecule has 1 aliphatic heterocycles. The van der Waals surface area contributed by atoms with E-state index < -0.39 is 0 Å². The second kappa shape index (κ2) is 7.71. The van der Waals surface area contributed by atoms with Crippen LogP contribution in [0.15, 0.2) is 49.2 Å². The van der Waals surface area contributed by atoms with Crippen molar-refractivity contribution in [1.82, 2.24) is 29.3 Å². The van der Waals surface area contributed by atoms with Crippen LogP contribution in [0.5, 0.6) is 0 Å². The van der Waals surface area contributed by atoms with Crippen LogP contribution in [0.4, 0.5) is 5.82 Å². The Hall–Kier alpha value is -4.63. The Labute approximate surface area is 202 Å². The summed E-state index contributed by atoms with van der Waals surface area (Å²) in [6.07, 6.45) is 16.4. The zero-order chi connectivity index (χ0) is 24.2. The molecule has 1 saturated carbocycles. The van der Waals surface area contributed by atoms with Crippen molar-refractivity contribution in [3.05, 3.63) is 54.7 Å². The molecule has 1 saturated heterocycles. The van der Waals surface area contributed by atoms with Crippen LogP contribution in [0.2, 0.25) is 0 Å². The molecule has 0 bridgehead atoms. The van der Waals surface area contributed by atoms with Crippen molar-refractivity contribution in [2.75, 3.05) is 24.5 Å². The zero-order valence-electron chi connectivity index (χ0n) is 19.2. The van der Waals surface area contributed by atoms with Crippen molar-refractivity contribution in [2.24, 2.45) is 7.05 Å². The standard InChI is InChI=1S/C26H22N8O/c1-3-24(35)33-9-8-32(17-26(33)6-7-26)23-5-4-18(12-28-23)22-10-19(21-14-29-31(2)15-21)16-34-25(22)20(11-27)13-30-34/h1,4-5,10,12-16H,6-9,17H2,2H3. The van der Waals surface area contributed by atoms with E-state index >= 15 is 0 Å². The molecule has 2 aliphatic rings. The van der Waals surface area contributed by atoms with E-state index in [1.807, 2.05) is 42.7 Å². The first kappa shape index (κ1) is 20.9. The largest absolute Gasteiger partial charge is 0.352 e. The maximum atomic E-state index is 12.2. The van der Waals surface area contributed by atoms with Crippen molar-refractivity contribution in [2.45, 2.75) is 18.4 Å². The molecule has 1 aliphatic carbocycles. The highest BCUT2D eigenvalue weighted by Gasteiger charge is 2.53. The van der Waals surface area contributed by atoms with Gasteiger partial charge in [0.1, 0.15) is 11.9 Å². The second-order valence-electron chi connectivity index (χ2n) is 9.16. The maximum Gasteiger partial charge on any atom is 0.298 e. The second-order valence-corrected chi connectivity index (χ2v) is 9.16. The van der Waals surface area contributed by atoms with Crippen molar-refractivity contribution >= 4 is 17.2 Å². The summed E-state index contributed by atoms with van der Waals surface area (Å²) in [5.74, 6) is 2.90. The number of rotatable bonds is 3. The van der Waals surface area contributed by atoms with E-state index in [-0.39, 0.29) is 11.4 Å². The summed E-state index contributed by atoms with van der Waals surface area (Å²) in [7, 11) is 1.88. The van der Waals surface area contributed by atoms with E-state index in [9.17, 15) is 10.1 Å². The van der Waals surface area contributed by atoms with E-state index in [4.69, 9.17) is 11.4 Å². The lowest BCUT2D eigenvalue weighted by atomic mass is 10.0. The molecule has 0 N–H and O–H groups in total. The first-order valence-corrected chi connectivity index (χ1v) is 11.4. The summed E-state index contributed by atoms with van der Waals surface area (Å²) in [6, 6.07) is 8.32. The number of fused-ring (bicyclic) bond motifs is 1. The summed E-state index contributed by atoms with van der Waals surface area (Å²) < 4.78 is 3.49. The van der Waals surface area contributed by atoms with Gasteiger partial charge in [-0.25, -0.2) is 9.50 Å². The molecule has 9 nitrogen and oxygen atoms in total. The fourth-order valence-corrected chi connectivity index (χ4v) is 5.02. The molecule has 1 spiro atoms. The zero-order valence-corrected chi connectivity index (χ0v) is 19.2. The lowest BCUT2D eigenvalue weighted by Gasteiger charge is -2.41. The fourth-order valence-electron chi connectivity index (χ4n) is 5.02. The van der Waals surface area contributed by atoms with E-state index in [1.54, 1.807) is 21.6 Å². The number of aromatic nitrogens is 5. The molecule has 0 atom stereocenters. The predicted molar refractivity (Wildman–Crippen MR) is 130 cm³/mol. The van der Waals surface area contributed by atoms with Gasteiger partial charge in [-0.3, -0.25) is 9.48 Å². The Kier molecular flexibility index (Phi) is 4.61. The predicted octanol–water partition coefficient (Wildman–Crippen LogP) is 2.48. The molecule has 9 heteroatoms. The summed E-state index contributed by atoms with van der Waals surface area (Å²) in [5, 5.41) is 18.3. The van der Waals surface area contributed by atoms with Gasteiger partial charge >= 0.3 is 0 Å². The Balaban J connectivity index is 1.35. The Morgan fingerprint density at radius 3 is 2.60 bits per heavy atom. The van der Waals surface area contributed by atoms with Gasteiger partial charge < -0.3 is 9.80 Å². The highest BCUT2D eigenvalue weighted by Crippen LogP contribution is 2.45. The Morgan fingerprint density at radius 1 is 1.09 bits per heavy atom. The summed E-state index contributed by atoms with van der Waals surface area (Å²) in [4.78, 5) is 21.0. The minimum Gasteiger partial charge on any atom is -0.352 e. The minimum atomic E-state index is -0.225. The van der Waals surface area contributed by atoms with Crippen LogP contribution in [-0.4, -0.2) is 60.4 Å². The van der Waals surface area contributed by atoms with Crippen LogP contribution in [-0.2, 0) is 11.8 Å². The molecule has 4 aromatic rings. The van der Waals surface area contributed by atoms with Crippen molar-refractivity contribution in [1.29, 1.82) is 5.26 Å². The van der Waals surface area contributed by atoms with Gasteiger partial charge in [0.05, 0.1) is 29.0 Å². The van der Waals surface area contributed by atoms with Gasteiger partial charge in [-0.1, -0.05) is 0 Å². The number of hydrogen-bond donors (Lipinski definition) is 0. The van der Waals surface area contributed by atoms with Crippen molar-refractivity contribution in [3.63, 3.8) is 0 Å². The number of carbonyl (C=O) groups is 1. The van der Waals surface area contributed by atoms with Gasteiger partial charge in [-0.15, -0.1) is 6.42 Å². The van der Waals surface area contributed by atoms with Gasteiger partial charge in [0.25, 0.3) is 5.91 Å². The summed E-state index contributed by atoms with van der Waals surface area (Å²) in [6.45, 7) is 2.01. The lowest BCUT2D eigenvalue weighted by molar-refractivity contribution is -0.128. The monoisotopic (exact) mass is 462 g/mol. The van der Waals surface area contributed by atoms with Gasteiger partial charge in [0.15, 0.2) is 0 Å². The van der Waals surface area contributed by atoms with Crippen LogP contribution in [0.1, 0.15) is 18.4 Å². The van der Waals surface area contributed by atoms with Gasteiger partial charge in [-0.2, -0.15) is 15.5 Å². The number of nitriles is 1. The first-order valence-electron chi connectivity index (χ1n) is 11.4. The van der Waals surface area contributed by atoms with Crippen LogP contribution in [0.3, 0.4) is 0 Å². The average molecular weight is 463 g/mol. The fraction of sp³-hybridized carbons (Fsp3) is 0.269. The van der Waals surface area contributed by atoms with E-state index in [0.717, 1.165) is 53.0 Å². The topological polar surface area (TPSA) is 95.4 Å². The van der Waals surface area contributed by atoms with Crippen LogP contribution in [0, 0.1) is 23.7 Å². The quantitative estimate of drug-likeness (QED) is 0.434. The van der Waals surface area contributed by atoms with Crippen LogP contribution >= 0.6 is 0 Å². The van der Waals surface area contributed by atoms with Crippen molar-refractivity contribution < 1.29 is 4.79 Å². The molecular weight excluding hydrogens is 440 g/mol. The lowest BCUT2D eigenvalue weighted by Crippen LogP contribution is -2.57.